The van der Waals surface area contributed by atoms with E-state index in [4.69, 9.17) is 4.74 Å². The Morgan fingerprint density at radius 3 is 2.12 bits per heavy atom. The SMILES string of the molecule is CCOC(=O)c1cc(C(F)(F)F)ccc1-c1ccccc1C(F)(F)F. The van der Waals surface area contributed by atoms with E-state index in [0.717, 1.165) is 24.3 Å². The molecule has 0 aliphatic rings. The molecule has 0 heterocycles. The van der Waals surface area contributed by atoms with E-state index in [2.05, 4.69) is 0 Å². The first kappa shape index (κ1) is 18.8. The van der Waals surface area contributed by atoms with Crippen LogP contribution < -0.4 is 0 Å². The van der Waals surface area contributed by atoms with Crippen LogP contribution in [0, 0.1) is 0 Å². The van der Waals surface area contributed by atoms with E-state index in [-0.39, 0.29) is 12.2 Å². The fraction of sp³-hybridized carbons (Fsp3) is 0.235. The number of ether oxygens (including phenoxy) is 1. The van der Waals surface area contributed by atoms with Crippen LogP contribution in [0.4, 0.5) is 26.3 Å². The fourth-order valence-electron chi connectivity index (χ4n) is 2.30. The van der Waals surface area contributed by atoms with Gasteiger partial charge in [0.05, 0.1) is 23.3 Å². The lowest BCUT2D eigenvalue weighted by atomic mass is 9.93. The standard InChI is InChI=1S/C17H12F6O2/c1-2-25-15(24)13-9-10(16(18,19)20)7-8-11(13)12-5-3-4-6-14(12)17(21,22)23/h3-9H,2H2,1H3. The molecular weight excluding hydrogens is 350 g/mol. The molecule has 0 saturated carbocycles. The van der Waals surface area contributed by atoms with Gasteiger partial charge in [0.1, 0.15) is 0 Å². The molecule has 25 heavy (non-hydrogen) atoms. The van der Waals surface area contributed by atoms with Crippen LogP contribution in [0.15, 0.2) is 42.5 Å². The van der Waals surface area contributed by atoms with E-state index < -0.39 is 40.6 Å². The van der Waals surface area contributed by atoms with Crippen LogP contribution in [0.5, 0.6) is 0 Å². The van der Waals surface area contributed by atoms with Crippen molar-refractivity contribution in [1.29, 1.82) is 0 Å². The van der Waals surface area contributed by atoms with E-state index in [1.54, 1.807) is 0 Å². The molecule has 0 aliphatic heterocycles. The first-order chi connectivity index (χ1) is 11.6. The topological polar surface area (TPSA) is 26.3 Å². The summed E-state index contributed by atoms with van der Waals surface area (Å²) in [5.74, 6) is -1.12. The zero-order valence-electron chi connectivity index (χ0n) is 12.8. The van der Waals surface area contributed by atoms with Gasteiger partial charge in [-0.3, -0.25) is 0 Å². The Morgan fingerprint density at radius 1 is 0.920 bits per heavy atom. The molecule has 0 spiro atoms. The van der Waals surface area contributed by atoms with Gasteiger partial charge in [-0.2, -0.15) is 26.3 Å². The molecule has 0 aliphatic carbocycles. The average Bonchev–Trinajstić information content (AvgIpc) is 2.53. The Bertz CT molecular complexity index is 777. The van der Waals surface area contributed by atoms with Crippen molar-refractivity contribution in [3.63, 3.8) is 0 Å². The zero-order valence-corrected chi connectivity index (χ0v) is 12.8. The quantitative estimate of drug-likeness (QED) is 0.527. The molecule has 2 aromatic carbocycles. The summed E-state index contributed by atoms with van der Waals surface area (Å²) >= 11 is 0. The molecule has 2 aromatic rings. The largest absolute Gasteiger partial charge is 0.462 e. The number of hydrogen-bond donors (Lipinski definition) is 0. The number of rotatable bonds is 3. The second-order valence-corrected chi connectivity index (χ2v) is 5.02. The summed E-state index contributed by atoms with van der Waals surface area (Å²) in [4.78, 5) is 12.0. The second-order valence-electron chi connectivity index (χ2n) is 5.02. The summed E-state index contributed by atoms with van der Waals surface area (Å²) in [6, 6.07) is 6.32. The smallest absolute Gasteiger partial charge is 0.417 e. The van der Waals surface area contributed by atoms with E-state index >= 15 is 0 Å². The van der Waals surface area contributed by atoms with Crippen LogP contribution in [0.2, 0.25) is 0 Å². The van der Waals surface area contributed by atoms with Crippen LogP contribution in [-0.2, 0) is 17.1 Å². The number of carbonyl (C=O) groups excluding carboxylic acids is 1. The lowest BCUT2D eigenvalue weighted by Crippen LogP contribution is -2.13. The maximum atomic E-state index is 13.2. The highest BCUT2D eigenvalue weighted by Gasteiger charge is 2.36. The third-order valence-corrected chi connectivity index (χ3v) is 3.36. The van der Waals surface area contributed by atoms with Gasteiger partial charge in [-0.05, 0) is 36.2 Å². The average molecular weight is 362 g/mol. The summed E-state index contributed by atoms with van der Waals surface area (Å²) in [5.41, 5.74) is -3.45. The third-order valence-electron chi connectivity index (χ3n) is 3.36. The van der Waals surface area contributed by atoms with E-state index in [1.807, 2.05) is 0 Å². The van der Waals surface area contributed by atoms with Crippen LogP contribution in [0.1, 0.15) is 28.4 Å². The fourth-order valence-corrected chi connectivity index (χ4v) is 2.30. The Morgan fingerprint density at radius 2 is 1.56 bits per heavy atom. The van der Waals surface area contributed by atoms with Gasteiger partial charge >= 0.3 is 18.3 Å². The van der Waals surface area contributed by atoms with E-state index in [9.17, 15) is 31.1 Å². The molecular formula is C17H12F6O2. The molecule has 2 nitrogen and oxygen atoms in total. The number of hydrogen-bond acceptors (Lipinski definition) is 2. The molecule has 0 saturated heterocycles. The molecule has 0 radical (unpaired) electrons. The van der Waals surface area contributed by atoms with E-state index in [1.165, 1.54) is 13.0 Å². The highest BCUT2D eigenvalue weighted by molar-refractivity contribution is 5.98. The lowest BCUT2D eigenvalue weighted by molar-refractivity contribution is -0.138. The molecule has 0 unspecified atom stereocenters. The number of esters is 1. The van der Waals surface area contributed by atoms with Gasteiger partial charge in [0.15, 0.2) is 0 Å². The third kappa shape index (κ3) is 4.12. The second kappa shape index (κ2) is 6.78. The van der Waals surface area contributed by atoms with Crippen molar-refractivity contribution < 1.29 is 35.9 Å². The minimum absolute atomic E-state index is 0.130. The van der Waals surface area contributed by atoms with Crippen LogP contribution in [-0.4, -0.2) is 12.6 Å². The summed E-state index contributed by atoms with van der Waals surface area (Å²) < 4.78 is 82.9. The van der Waals surface area contributed by atoms with Gasteiger partial charge in [-0.15, -0.1) is 0 Å². The summed E-state index contributed by atoms with van der Waals surface area (Å²) in [6.45, 7) is 1.31. The van der Waals surface area contributed by atoms with Crippen molar-refractivity contribution in [2.45, 2.75) is 19.3 Å². The Hall–Kier alpha value is -2.51. The molecule has 0 bridgehead atoms. The van der Waals surface area contributed by atoms with Crippen LogP contribution >= 0.6 is 0 Å². The minimum atomic E-state index is -4.75. The number of carbonyl (C=O) groups is 1. The van der Waals surface area contributed by atoms with Gasteiger partial charge in [-0.25, -0.2) is 4.79 Å². The molecule has 0 atom stereocenters. The highest BCUT2D eigenvalue weighted by atomic mass is 19.4. The van der Waals surface area contributed by atoms with Gasteiger partial charge in [-0.1, -0.05) is 24.3 Å². The predicted octanol–water partition coefficient (Wildman–Crippen LogP) is 5.57. The maximum Gasteiger partial charge on any atom is 0.417 e. The van der Waals surface area contributed by atoms with Gasteiger partial charge < -0.3 is 4.74 Å². The van der Waals surface area contributed by atoms with Crippen molar-refractivity contribution in [1.82, 2.24) is 0 Å². The van der Waals surface area contributed by atoms with Crippen LogP contribution in [0.3, 0.4) is 0 Å². The molecule has 2 rings (SSSR count). The number of halogens is 6. The molecule has 8 heteroatoms. The minimum Gasteiger partial charge on any atom is -0.462 e. The lowest BCUT2D eigenvalue weighted by Gasteiger charge is -2.17. The Labute approximate surface area is 139 Å². The van der Waals surface area contributed by atoms with Crippen molar-refractivity contribution in [2.75, 3.05) is 6.61 Å². The summed E-state index contributed by atoms with van der Waals surface area (Å²) in [7, 11) is 0. The normalized spacial score (nSPS) is 12.1. The first-order valence-electron chi connectivity index (χ1n) is 7.10. The monoisotopic (exact) mass is 362 g/mol. The number of alkyl halides is 6. The van der Waals surface area contributed by atoms with Gasteiger partial charge in [0.25, 0.3) is 0 Å². The van der Waals surface area contributed by atoms with E-state index in [0.29, 0.717) is 12.1 Å². The predicted molar refractivity (Wildman–Crippen MR) is 77.8 cm³/mol. The van der Waals surface area contributed by atoms with Gasteiger partial charge in [0.2, 0.25) is 0 Å². The Kier molecular flexibility index (Phi) is 5.10. The van der Waals surface area contributed by atoms with Crippen molar-refractivity contribution in [2.24, 2.45) is 0 Å². The molecule has 134 valence electrons. The number of benzene rings is 2. The van der Waals surface area contributed by atoms with Crippen molar-refractivity contribution in [3.05, 3.63) is 59.2 Å². The summed E-state index contributed by atoms with van der Waals surface area (Å²) in [6.07, 6.45) is -9.48. The van der Waals surface area contributed by atoms with Crippen LogP contribution in [0.25, 0.3) is 11.1 Å². The highest BCUT2D eigenvalue weighted by Crippen LogP contribution is 2.40. The van der Waals surface area contributed by atoms with Gasteiger partial charge in [0, 0.05) is 0 Å². The zero-order chi connectivity index (χ0) is 18.8. The molecule has 0 fully saturated rings. The Balaban J connectivity index is 2.72. The molecule has 0 N–H and O–H groups in total. The first-order valence-corrected chi connectivity index (χ1v) is 7.10. The molecule has 0 amide bonds. The maximum absolute atomic E-state index is 13.2. The molecule has 0 aromatic heterocycles. The van der Waals surface area contributed by atoms with Crippen molar-refractivity contribution >= 4 is 5.97 Å². The summed E-state index contributed by atoms with van der Waals surface area (Å²) in [5, 5.41) is 0. The van der Waals surface area contributed by atoms with Crippen molar-refractivity contribution in [3.8, 4) is 11.1 Å².